The minimum absolute atomic E-state index is 0.249. The fourth-order valence-corrected chi connectivity index (χ4v) is 3.64. The Morgan fingerprint density at radius 2 is 2.13 bits per heavy atom. The fraction of sp³-hybridized carbons (Fsp3) is 0.750. The van der Waals surface area contributed by atoms with Gasteiger partial charge in [-0.3, -0.25) is 14.6 Å². The molecular weight excluding hydrogens is 294 g/mol. The van der Waals surface area contributed by atoms with Crippen LogP contribution in [0, 0.1) is 0 Å². The maximum Gasteiger partial charge on any atom is 0.240 e. The molecule has 3 heterocycles. The first-order chi connectivity index (χ1) is 11.0. The van der Waals surface area contributed by atoms with Gasteiger partial charge in [-0.15, -0.1) is 0 Å². The molecule has 2 aliphatic heterocycles. The highest BCUT2D eigenvalue weighted by Crippen LogP contribution is 2.27. The van der Waals surface area contributed by atoms with Gasteiger partial charge in [-0.05, 0) is 13.8 Å². The average molecular weight is 321 g/mol. The second kappa shape index (κ2) is 6.59. The molecule has 0 bridgehead atoms. The van der Waals surface area contributed by atoms with Crippen LogP contribution >= 0.6 is 0 Å². The van der Waals surface area contributed by atoms with Crippen LogP contribution in [-0.2, 0) is 16.1 Å². The molecule has 1 amide bonds. The van der Waals surface area contributed by atoms with Crippen molar-refractivity contribution >= 4 is 5.91 Å². The number of primary amides is 1. The second-order valence-corrected chi connectivity index (χ2v) is 6.85. The summed E-state index contributed by atoms with van der Waals surface area (Å²) in [5.74, 6) is -0.249. The summed E-state index contributed by atoms with van der Waals surface area (Å²) in [6, 6.07) is 0.419. The first-order valence-corrected chi connectivity index (χ1v) is 8.39. The molecule has 2 aliphatic rings. The third-order valence-corrected chi connectivity index (χ3v) is 5.13. The molecule has 1 aromatic rings. The van der Waals surface area contributed by atoms with Gasteiger partial charge in [0.1, 0.15) is 5.54 Å². The molecule has 3 rings (SSSR count). The number of ether oxygens (including phenoxy) is 1. The van der Waals surface area contributed by atoms with Crippen LogP contribution in [0.5, 0.6) is 0 Å². The molecule has 0 radical (unpaired) electrons. The summed E-state index contributed by atoms with van der Waals surface area (Å²) in [6.45, 7) is 9.84. The molecule has 2 saturated heterocycles. The zero-order valence-corrected chi connectivity index (χ0v) is 14.1. The van der Waals surface area contributed by atoms with Crippen molar-refractivity contribution in [3.63, 3.8) is 0 Å². The Morgan fingerprint density at radius 1 is 1.39 bits per heavy atom. The van der Waals surface area contributed by atoms with Crippen LogP contribution in [0.25, 0.3) is 0 Å². The third kappa shape index (κ3) is 3.13. The second-order valence-electron chi connectivity index (χ2n) is 6.85. The monoisotopic (exact) mass is 321 g/mol. The lowest BCUT2D eigenvalue weighted by Crippen LogP contribution is -2.63. The van der Waals surface area contributed by atoms with E-state index < -0.39 is 5.54 Å². The predicted molar refractivity (Wildman–Crippen MR) is 86.8 cm³/mol. The standard InChI is InChI=1S/C16H27N5O2/c1-13(2)21-12-18-9-14(21)10-19-4-6-20(7-5-19)16(15(17)22)3-8-23-11-16/h9,12-13H,3-8,10-11H2,1-2H3,(H2,17,22). The Labute approximate surface area is 137 Å². The summed E-state index contributed by atoms with van der Waals surface area (Å²) in [5.41, 5.74) is 6.32. The van der Waals surface area contributed by atoms with Gasteiger partial charge in [0.05, 0.1) is 18.6 Å². The van der Waals surface area contributed by atoms with Crippen LogP contribution in [0.15, 0.2) is 12.5 Å². The summed E-state index contributed by atoms with van der Waals surface area (Å²) in [6.07, 6.45) is 4.55. The topological polar surface area (TPSA) is 76.6 Å². The maximum absolute atomic E-state index is 12.0. The van der Waals surface area contributed by atoms with Gasteiger partial charge in [-0.2, -0.15) is 0 Å². The van der Waals surface area contributed by atoms with Crippen LogP contribution in [0.4, 0.5) is 0 Å². The zero-order valence-electron chi connectivity index (χ0n) is 14.1. The average Bonchev–Trinajstić information content (AvgIpc) is 3.17. The molecule has 0 saturated carbocycles. The van der Waals surface area contributed by atoms with Gasteiger partial charge in [-0.25, -0.2) is 4.98 Å². The maximum atomic E-state index is 12.0. The van der Waals surface area contributed by atoms with Gasteiger partial charge in [-0.1, -0.05) is 0 Å². The number of aromatic nitrogens is 2. The number of amides is 1. The molecule has 0 aliphatic carbocycles. The van der Waals surface area contributed by atoms with Crippen molar-refractivity contribution in [3.05, 3.63) is 18.2 Å². The quantitative estimate of drug-likeness (QED) is 0.840. The van der Waals surface area contributed by atoms with Crippen LogP contribution in [0.1, 0.15) is 32.0 Å². The molecule has 1 atom stereocenters. The van der Waals surface area contributed by atoms with E-state index in [1.807, 2.05) is 12.5 Å². The number of carbonyl (C=O) groups is 1. The van der Waals surface area contributed by atoms with E-state index in [2.05, 4.69) is 33.2 Å². The molecule has 128 valence electrons. The number of nitrogens with zero attached hydrogens (tertiary/aromatic N) is 4. The van der Waals surface area contributed by atoms with Crippen molar-refractivity contribution in [2.45, 2.75) is 38.4 Å². The van der Waals surface area contributed by atoms with Gasteiger partial charge in [0.15, 0.2) is 0 Å². The first kappa shape index (κ1) is 16.4. The minimum atomic E-state index is -0.591. The minimum Gasteiger partial charge on any atom is -0.379 e. The molecule has 1 aromatic heterocycles. The van der Waals surface area contributed by atoms with Gasteiger partial charge >= 0.3 is 0 Å². The molecule has 2 N–H and O–H groups in total. The third-order valence-electron chi connectivity index (χ3n) is 5.13. The Hall–Kier alpha value is -1.44. The predicted octanol–water partition coefficient (Wildman–Crippen LogP) is 0.226. The van der Waals surface area contributed by atoms with E-state index in [-0.39, 0.29) is 5.91 Å². The molecule has 0 spiro atoms. The van der Waals surface area contributed by atoms with Gasteiger partial charge in [0, 0.05) is 58.0 Å². The van der Waals surface area contributed by atoms with E-state index in [0.717, 1.165) is 32.7 Å². The summed E-state index contributed by atoms with van der Waals surface area (Å²) < 4.78 is 7.67. The molecular formula is C16H27N5O2. The number of rotatable bonds is 5. The lowest BCUT2D eigenvalue weighted by molar-refractivity contribution is -0.132. The number of piperazine rings is 1. The van der Waals surface area contributed by atoms with E-state index in [1.165, 1.54) is 5.69 Å². The van der Waals surface area contributed by atoms with Gasteiger partial charge in [0.2, 0.25) is 5.91 Å². The highest BCUT2D eigenvalue weighted by atomic mass is 16.5. The number of carbonyl (C=O) groups excluding carboxylic acids is 1. The lowest BCUT2D eigenvalue weighted by Gasteiger charge is -2.43. The Kier molecular flexibility index (Phi) is 4.70. The lowest BCUT2D eigenvalue weighted by atomic mass is 9.94. The number of hydrogen-bond acceptors (Lipinski definition) is 5. The summed E-state index contributed by atoms with van der Waals surface area (Å²) >= 11 is 0. The van der Waals surface area contributed by atoms with Crippen molar-refractivity contribution < 1.29 is 9.53 Å². The van der Waals surface area contributed by atoms with E-state index in [9.17, 15) is 4.79 Å². The van der Waals surface area contributed by atoms with Crippen molar-refractivity contribution in [2.75, 3.05) is 39.4 Å². The Bertz CT molecular complexity index is 542. The van der Waals surface area contributed by atoms with E-state index in [1.54, 1.807) is 0 Å². The molecule has 0 aromatic carbocycles. The van der Waals surface area contributed by atoms with Crippen LogP contribution in [0.2, 0.25) is 0 Å². The fourth-order valence-electron chi connectivity index (χ4n) is 3.64. The Morgan fingerprint density at radius 3 is 2.70 bits per heavy atom. The van der Waals surface area contributed by atoms with Crippen molar-refractivity contribution in [2.24, 2.45) is 5.73 Å². The van der Waals surface area contributed by atoms with Crippen LogP contribution in [0.3, 0.4) is 0 Å². The molecule has 23 heavy (non-hydrogen) atoms. The largest absolute Gasteiger partial charge is 0.379 e. The smallest absolute Gasteiger partial charge is 0.240 e. The van der Waals surface area contributed by atoms with Crippen LogP contribution < -0.4 is 5.73 Å². The van der Waals surface area contributed by atoms with Crippen molar-refractivity contribution in [3.8, 4) is 0 Å². The van der Waals surface area contributed by atoms with E-state index in [4.69, 9.17) is 10.5 Å². The highest BCUT2D eigenvalue weighted by Gasteiger charge is 2.46. The summed E-state index contributed by atoms with van der Waals surface area (Å²) in [4.78, 5) is 20.9. The number of imidazole rings is 1. The zero-order chi connectivity index (χ0) is 16.4. The summed E-state index contributed by atoms with van der Waals surface area (Å²) in [5, 5.41) is 0. The SMILES string of the molecule is CC(C)n1cncc1CN1CCN(C2(C(N)=O)CCOC2)CC1. The summed E-state index contributed by atoms with van der Waals surface area (Å²) in [7, 11) is 0. The van der Waals surface area contributed by atoms with Crippen molar-refractivity contribution in [1.82, 2.24) is 19.4 Å². The highest BCUT2D eigenvalue weighted by molar-refractivity contribution is 5.85. The van der Waals surface area contributed by atoms with Crippen LogP contribution in [-0.4, -0.2) is 70.2 Å². The molecule has 7 nitrogen and oxygen atoms in total. The number of hydrogen-bond donors (Lipinski definition) is 1. The van der Waals surface area contributed by atoms with Gasteiger partial charge in [0.25, 0.3) is 0 Å². The normalized spacial score (nSPS) is 26.9. The molecule has 1 unspecified atom stereocenters. The number of nitrogens with two attached hydrogens (primary N) is 1. The molecule has 2 fully saturated rings. The van der Waals surface area contributed by atoms with Crippen molar-refractivity contribution in [1.29, 1.82) is 0 Å². The van der Waals surface area contributed by atoms with E-state index in [0.29, 0.717) is 25.7 Å². The first-order valence-electron chi connectivity index (χ1n) is 8.39. The van der Waals surface area contributed by atoms with E-state index >= 15 is 0 Å². The Balaban J connectivity index is 1.60. The van der Waals surface area contributed by atoms with Gasteiger partial charge < -0.3 is 15.0 Å². The molecule has 7 heteroatoms.